The Kier molecular flexibility index (Phi) is 11.5. The van der Waals surface area contributed by atoms with Crippen LogP contribution in [0.3, 0.4) is 0 Å². The molecule has 2 aromatic rings. The van der Waals surface area contributed by atoms with Crippen molar-refractivity contribution in [1.29, 1.82) is 0 Å². The van der Waals surface area contributed by atoms with Crippen molar-refractivity contribution < 1.29 is 0 Å². The molecular formula is C22H38IN5. The molecule has 0 spiro atoms. The van der Waals surface area contributed by atoms with Gasteiger partial charge in [-0.15, -0.1) is 24.0 Å². The van der Waals surface area contributed by atoms with Crippen molar-refractivity contribution in [3.8, 4) is 0 Å². The number of aromatic amines is 1. The zero-order valence-corrected chi connectivity index (χ0v) is 20.5. The molecule has 1 heterocycles. The number of benzene rings is 1. The first-order valence-electron chi connectivity index (χ1n) is 10.3. The minimum atomic E-state index is 0. The van der Waals surface area contributed by atoms with Gasteiger partial charge in [-0.05, 0) is 69.9 Å². The second kappa shape index (κ2) is 13.0. The summed E-state index contributed by atoms with van der Waals surface area (Å²) in [6, 6.07) is 7.00. The van der Waals surface area contributed by atoms with Crippen LogP contribution in [-0.4, -0.2) is 55.1 Å². The predicted octanol–water partition coefficient (Wildman–Crippen LogP) is 4.31. The number of fused-ring (bicyclic) bond motifs is 1. The van der Waals surface area contributed by atoms with Gasteiger partial charge in [0.2, 0.25) is 0 Å². The lowest BCUT2D eigenvalue weighted by Gasteiger charge is -2.21. The van der Waals surface area contributed by atoms with Crippen LogP contribution in [0, 0.1) is 6.92 Å². The zero-order chi connectivity index (χ0) is 19.6. The lowest BCUT2D eigenvalue weighted by Crippen LogP contribution is -2.43. The summed E-state index contributed by atoms with van der Waals surface area (Å²) in [5.41, 5.74) is 3.85. The van der Waals surface area contributed by atoms with Gasteiger partial charge in [-0.3, -0.25) is 4.99 Å². The maximum atomic E-state index is 4.37. The van der Waals surface area contributed by atoms with Gasteiger partial charge in [0, 0.05) is 36.7 Å². The van der Waals surface area contributed by atoms with Gasteiger partial charge in [0.1, 0.15) is 0 Å². The Morgan fingerprint density at radius 3 is 2.68 bits per heavy atom. The van der Waals surface area contributed by atoms with Crippen molar-refractivity contribution in [3.63, 3.8) is 0 Å². The monoisotopic (exact) mass is 499 g/mol. The zero-order valence-electron chi connectivity index (χ0n) is 18.1. The second-order valence-electron chi connectivity index (χ2n) is 7.33. The number of H-pyrrole nitrogens is 1. The highest BCUT2D eigenvalue weighted by molar-refractivity contribution is 14.0. The van der Waals surface area contributed by atoms with Gasteiger partial charge in [-0.2, -0.15) is 0 Å². The summed E-state index contributed by atoms with van der Waals surface area (Å²) >= 11 is 0. The molecule has 0 fully saturated rings. The van der Waals surface area contributed by atoms with Gasteiger partial charge in [0.15, 0.2) is 5.96 Å². The molecule has 1 unspecified atom stereocenters. The minimum absolute atomic E-state index is 0. The molecule has 0 bridgehead atoms. The van der Waals surface area contributed by atoms with E-state index in [0.717, 1.165) is 38.4 Å². The standard InChI is InChI=1S/C22H37N5.HI/c1-6-27(7-2)14-8-9-18(4)26-22(23-5)24-13-12-19-16-25-21-15-17(3)10-11-20(19)21;/h10-11,15-16,18,25H,6-9,12-14H2,1-5H3,(H2,23,24,26);1H. The molecule has 1 aromatic heterocycles. The first-order chi connectivity index (χ1) is 13.1. The largest absolute Gasteiger partial charge is 0.361 e. The third-order valence-electron chi connectivity index (χ3n) is 5.22. The van der Waals surface area contributed by atoms with Gasteiger partial charge < -0.3 is 20.5 Å². The molecule has 0 radical (unpaired) electrons. The van der Waals surface area contributed by atoms with E-state index in [9.17, 15) is 0 Å². The number of hydrogen-bond donors (Lipinski definition) is 3. The Labute approximate surface area is 187 Å². The Morgan fingerprint density at radius 1 is 1.25 bits per heavy atom. The fourth-order valence-electron chi connectivity index (χ4n) is 3.48. The fraction of sp³-hybridized carbons (Fsp3) is 0.591. The summed E-state index contributed by atoms with van der Waals surface area (Å²) in [6.45, 7) is 13.1. The summed E-state index contributed by atoms with van der Waals surface area (Å²) in [5.74, 6) is 0.890. The van der Waals surface area contributed by atoms with Gasteiger partial charge in [0.05, 0.1) is 0 Å². The maximum Gasteiger partial charge on any atom is 0.191 e. The average molecular weight is 499 g/mol. The van der Waals surface area contributed by atoms with E-state index in [4.69, 9.17) is 0 Å². The van der Waals surface area contributed by atoms with Crippen LogP contribution >= 0.6 is 24.0 Å². The summed E-state index contributed by atoms with van der Waals surface area (Å²) in [5, 5.41) is 8.28. The summed E-state index contributed by atoms with van der Waals surface area (Å²) < 4.78 is 0. The normalized spacial score (nSPS) is 12.9. The molecule has 28 heavy (non-hydrogen) atoms. The van der Waals surface area contributed by atoms with E-state index in [1.807, 2.05) is 7.05 Å². The van der Waals surface area contributed by atoms with E-state index in [1.165, 1.54) is 35.0 Å². The molecular weight excluding hydrogens is 461 g/mol. The van der Waals surface area contributed by atoms with E-state index >= 15 is 0 Å². The van der Waals surface area contributed by atoms with Crippen LogP contribution in [0.4, 0.5) is 0 Å². The summed E-state index contributed by atoms with van der Waals surface area (Å²) in [7, 11) is 1.84. The molecule has 0 aliphatic carbocycles. The van der Waals surface area contributed by atoms with Crippen molar-refractivity contribution in [2.24, 2.45) is 4.99 Å². The Balaban J connectivity index is 0.00000392. The first-order valence-corrected chi connectivity index (χ1v) is 10.3. The Hall–Kier alpha value is -1.28. The number of rotatable bonds is 10. The number of guanidine groups is 1. The van der Waals surface area contributed by atoms with Crippen LogP contribution in [0.15, 0.2) is 29.4 Å². The highest BCUT2D eigenvalue weighted by Gasteiger charge is 2.08. The summed E-state index contributed by atoms with van der Waals surface area (Å²) in [6.07, 6.45) is 5.46. The number of aromatic nitrogens is 1. The Morgan fingerprint density at radius 2 is 2.00 bits per heavy atom. The molecule has 0 saturated heterocycles. The Bertz CT molecular complexity index is 721. The minimum Gasteiger partial charge on any atom is -0.361 e. The highest BCUT2D eigenvalue weighted by atomic mass is 127. The smallest absolute Gasteiger partial charge is 0.191 e. The first kappa shape index (κ1) is 24.8. The van der Waals surface area contributed by atoms with E-state index in [1.54, 1.807) is 0 Å². The van der Waals surface area contributed by atoms with Crippen LogP contribution in [0.1, 0.15) is 44.7 Å². The lowest BCUT2D eigenvalue weighted by molar-refractivity contribution is 0.292. The predicted molar refractivity (Wildman–Crippen MR) is 133 cm³/mol. The molecule has 5 nitrogen and oxygen atoms in total. The molecule has 0 saturated carbocycles. The molecule has 1 aromatic carbocycles. The van der Waals surface area contributed by atoms with E-state index in [2.05, 4.69) is 77.6 Å². The van der Waals surface area contributed by atoms with Crippen molar-refractivity contribution in [1.82, 2.24) is 20.5 Å². The third-order valence-corrected chi connectivity index (χ3v) is 5.22. The number of aliphatic imine (C=N–C) groups is 1. The fourth-order valence-corrected chi connectivity index (χ4v) is 3.48. The molecule has 2 rings (SSSR count). The molecule has 0 aliphatic heterocycles. The van der Waals surface area contributed by atoms with Crippen LogP contribution in [0.2, 0.25) is 0 Å². The van der Waals surface area contributed by atoms with Gasteiger partial charge >= 0.3 is 0 Å². The van der Waals surface area contributed by atoms with Crippen LogP contribution in [0.5, 0.6) is 0 Å². The van der Waals surface area contributed by atoms with Crippen molar-refractivity contribution in [2.45, 2.75) is 53.0 Å². The molecule has 3 N–H and O–H groups in total. The highest BCUT2D eigenvalue weighted by Crippen LogP contribution is 2.19. The average Bonchev–Trinajstić information content (AvgIpc) is 3.06. The van der Waals surface area contributed by atoms with Gasteiger partial charge in [-0.1, -0.05) is 26.0 Å². The van der Waals surface area contributed by atoms with Crippen LogP contribution in [-0.2, 0) is 6.42 Å². The van der Waals surface area contributed by atoms with Crippen molar-refractivity contribution in [3.05, 3.63) is 35.5 Å². The van der Waals surface area contributed by atoms with Crippen LogP contribution < -0.4 is 10.6 Å². The van der Waals surface area contributed by atoms with E-state index < -0.39 is 0 Å². The molecule has 1 atom stereocenters. The lowest BCUT2D eigenvalue weighted by atomic mass is 10.1. The SMILES string of the molecule is CCN(CC)CCCC(C)NC(=NC)NCCc1c[nH]c2cc(C)ccc12.I. The molecule has 0 amide bonds. The summed E-state index contributed by atoms with van der Waals surface area (Å²) in [4.78, 5) is 10.2. The number of nitrogens with zero attached hydrogens (tertiary/aromatic N) is 2. The number of nitrogens with one attached hydrogen (secondary N) is 3. The van der Waals surface area contributed by atoms with Crippen molar-refractivity contribution >= 4 is 40.8 Å². The number of aryl methyl sites for hydroxylation is 1. The third kappa shape index (κ3) is 7.62. The van der Waals surface area contributed by atoms with E-state index in [-0.39, 0.29) is 24.0 Å². The topological polar surface area (TPSA) is 55.4 Å². The number of halogens is 1. The number of hydrogen-bond acceptors (Lipinski definition) is 2. The molecule has 6 heteroatoms. The van der Waals surface area contributed by atoms with Crippen LogP contribution in [0.25, 0.3) is 10.9 Å². The second-order valence-corrected chi connectivity index (χ2v) is 7.33. The van der Waals surface area contributed by atoms with Crippen molar-refractivity contribution in [2.75, 3.05) is 33.2 Å². The molecule has 158 valence electrons. The maximum absolute atomic E-state index is 4.37. The van der Waals surface area contributed by atoms with E-state index in [0.29, 0.717) is 6.04 Å². The van der Waals surface area contributed by atoms with Gasteiger partial charge in [-0.25, -0.2) is 0 Å². The quantitative estimate of drug-likeness (QED) is 0.260. The van der Waals surface area contributed by atoms with Gasteiger partial charge in [0.25, 0.3) is 0 Å². The molecule has 0 aliphatic rings.